The highest BCUT2D eigenvalue weighted by Crippen LogP contribution is 2.39. The van der Waals surface area contributed by atoms with E-state index >= 15 is 0 Å². The fraction of sp³-hybridized carbons (Fsp3) is 0.385. The van der Waals surface area contributed by atoms with Crippen molar-refractivity contribution in [2.75, 3.05) is 0 Å². The molecule has 1 N–H and O–H groups in total. The molecule has 7 heteroatoms. The number of non-ortho nitro benzene ring substituents is 1. The average Bonchev–Trinajstić information content (AvgIpc) is 3.00. The normalized spacial score (nSPS) is 27.9. The first-order valence-electron chi connectivity index (χ1n) is 6.41. The lowest BCUT2D eigenvalue weighted by molar-refractivity contribution is -0.384. The third-order valence-corrected chi connectivity index (χ3v) is 5.45. The van der Waals surface area contributed by atoms with Crippen molar-refractivity contribution in [2.45, 2.75) is 23.8 Å². The Morgan fingerprint density at radius 2 is 1.85 bits per heavy atom. The number of allylic oxidation sites excluding steroid dienone is 1. The maximum absolute atomic E-state index is 12.2. The molecule has 0 radical (unpaired) electrons. The molecule has 0 aliphatic heterocycles. The van der Waals surface area contributed by atoms with Crippen molar-refractivity contribution in [3.63, 3.8) is 0 Å². The molecule has 1 saturated carbocycles. The van der Waals surface area contributed by atoms with Gasteiger partial charge in [-0.25, -0.2) is 13.1 Å². The predicted octanol–water partition coefficient (Wildman–Crippen LogP) is 1.84. The summed E-state index contributed by atoms with van der Waals surface area (Å²) < 4.78 is 27.2. The van der Waals surface area contributed by atoms with Crippen LogP contribution in [0.2, 0.25) is 0 Å². The van der Waals surface area contributed by atoms with Crippen LogP contribution >= 0.6 is 0 Å². The topological polar surface area (TPSA) is 89.3 Å². The van der Waals surface area contributed by atoms with Crippen molar-refractivity contribution in [3.8, 4) is 0 Å². The van der Waals surface area contributed by atoms with Gasteiger partial charge in [-0.3, -0.25) is 10.1 Å². The minimum absolute atomic E-state index is 0.0646. The number of sulfonamides is 1. The number of rotatable bonds is 4. The lowest BCUT2D eigenvalue weighted by atomic mass is 10.0. The molecule has 2 aliphatic carbocycles. The number of hydrogen-bond acceptors (Lipinski definition) is 4. The van der Waals surface area contributed by atoms with Crippen molar-refractivity contribution < 1.29 is 13.3 Å². The molecule has 2 aliphatic rings. The van der Waals surface area contributed by atoms with Crippen LogP contribution in [0.4, 0.5) is 5.69 Å². The van der Waals surface area contributed by atoms with Crippen LogP contribution in [0.15, 0.2) is 41.3 Å². The van der Waals surface area contributed by atoms with E-state index in [1.165, 1.54) is 24.3 Å². The number of nitro groups is 1. The lowest BCUT2D eigenvalue weighted by Gasteiger charge is -2.19. The molecule has 0 saturated heterocycles. The number of nitro benzene ring substituents is 1. The molecule has 1 aromatic carbocycles. The van der Waals surface area contributed by atoms with Gasteiger partial charge in [0.05, 0.1) is 9.82 Å². The van der Waals surface area contributed by atoms with Crippen LogP contribution in [0.3, 0.4) is 0 Å². The van der Waals surface area contributed by atoms with Crippen molar-refractivity contribution in [2.24, 2.45) is 11.8 Å². The zero-order valence-corrected chi connectivity index (χ0v) is 11.4. The number of fused-ring (bicyclic) bond motifs is 2. The molecule has 0 unspecified atom stereocenters. The molecule has 0 heterocycles. The van der Waals surface area contributed by atoms with Crippen molar-refractivity contribution in [1.29, 1.82) is 0 Å². The molecule has 106 valence electrons. The average molecular weight is 294 g/mol. The molecule has 3 atom stereocenters. The first-order valence-corrected chi connectivity index (χ1v) is 7.89. The van der Waals surface area contributed by atoms with Crippen LogP contribution in [0.1, 0.15) is 12.8 Å². The largest absolute Gasteiger partial charge is 0.269 e. The van der Waals surface area contributed by atoms with Gasteiger partial charge < -0.3 is 0 Å². The fourth-order valence-corrected chi connectivity index (χ4v) is 4.23. The monoisotopic (exact) mass is 294 g/mol. The SMILES string of the molecule is O=[N+]([O-])c1ccc(S(=O)(=O)N[C@H]2C[C@H]3C=C[C@@H]2C3)cc1. The molecule has 0 aromatic heterocycles. The van der Waals surface area contributed by atoms with Crippen molar-refractivity contribution >= 4 is 15.7 Å². The van der Waals surface area contributed by atoms with Gasteiger partial charge in [0.2, 0.25) is 10.0 Å². The fourth-order valence-electron chi connectivity index (χ4n) is 2.93. The molecule has 0 amide bonds. The van der Waals surface area contributed by atoms with Crippen LogP contribution in [-0.2, 0) is 10.0 Å². The van der Waals surface area contributed by atoms with Crippen molar-refractivity contribution in [1.82, 2.24) is 4.72 Å². The Kier molecular flexibility index (Phi) is 3.10. The van der Waals surface area contributed by atoms with Gasteiger partial charge in [0, 0.05) is 18.2 Å². The standard InChI is InChI=1S/C13H14N2O4S/c16-15(17)11-3-5-12(6-4-11)20(18,19)14-13-8-9-1-2-10(13)7-9/h1-6,9-10,13-14H,7-8H2/t9-,10+,13-/m0/s1. The van der Waals surface area contributed by atoms with Gasteiger partial charge >= 0.3 is 0 Å². The summed E-state index contributed by atoms with van der Waals surface area (Å²) in [6.07, 6.45) is 6.04. The van der Waals surface area contributed by atoms with E-state index in [1.54, 1.807) is 0 Å². The number of hydrogen-bond donors (Lipinski definition) is 1. The number of benzene rings is 1. The highest BCUT2D eigenvalue weighted by atomic mass is 32.2. The Bertz CT molecular complexity index is 666. The molecule has 1 aromatic rings. The Hall–Kier alpha value is -1.73. The number of nitrogens with zero attached hydrogens (tertiary/aromatic N) is 1. The molecular formula is C13H14N2O4S. The molecule has 6 nitrogen and oxygen atoms in total. The summed E-state index contributed by atoms with van der Waals surface area (Å²) in [5.74, 6) is 0.748. The summed E-state index contributed by atoms with van der Waals surface area (Å²) in [6, 6.07) is 4.88. The Labute approximate surface area is 116 Å². The summed E-state index contributed by atoms with van der Waals surface area (Å²) in [7, 11) is -3.62. The molecule has 0 spiro atoms. The first-order chi connectivity index (χ1) is 9.45. The van der Waals surface area contributed by atoms with Gasteiger partial charge in [0.15, 0.2) is 0 Å². The molecule has 3 rings (SSSR count). The van der Waals surface area contributed by atoms with E-state index in [4.69, 9.17) is 0 Å². The molecule has 2 bridgehead atoms. The maximum Gasteiger partial charge on any atom is 0.269 e. The van der Waals surface area contributed by atoms with Gasteiger partial charge in [-0.15, -0.1) is 0 Å². The molecule has 20 heavy (non-hydrogen) atoms. The first kappa shape index (κ1) is 13.3. The summed E-state index contributed by atoms with van der Waals surface area (Å²) in [4.78, 5) is 10.1. The van der Waals surface area contributed by atoms with E-state index in [2.05, 4.69) is 16.9 Å². The smallest absolute Gasteiger partial charge is 0.258 e. The predicted molar refractivity (Wildman–Crippen MR) is 72.6 cm³/mol. The van der Waals surface area contributed by atoms with E-state index in [1.807, 2.05) is 0 Å². The zero-order chi connectivity index (χ0) is 14.3. The van der Waals surface area contributed by atoms with E-state index in [9.17, 15) is 18.5 Å². The van der Waals surface area contributed by atoms with Crippen LogP contribution in [0.25, 0.3) is 0 Å². The van der Waals surface area contributed by atoms with Crippen LogP contribution < -0.4 is 4.72 Å². The number of nitrogens with one attached hydrogen (secondary N) is 1. The van der Waals surface area contributed by atoms with Gasteiger partial charge in [-0.2, -0.15) is 0 Å². The zero-order valence-electron chi connectivity index (χ0n) is 10.6. The van der Waals surface area contributed by atoms with Crippen LogP contribution in [-0.4, -0.2) is 19.4 Å². The minimum Gasteiger partial charge on any atom is -0.258 e. The van der Waals surface area contributed by atoms with Gasteiger partial charge in [0.1, 0.15) is 0 Å². The van der Waals surface area contributed by atoms with Gasteiger partial charge in [0.25, 0.3) is 5.69 Å². The molecular weight excluding hydrogens is 280 g/mol. The summed E-state index contributed by atoms with van der Waals surface area (Å²) in [5.41, 5.74) is -0.119. The second kappa shape index (κ2) is 4.68. The summed E-state index contributed by atoms with van der Waals surface area (Å²) >= 11 is 0. The maximum atomic E-state index is 12.2. The van der Waals surface area contributed by atoms with Crippen molar-refractivity contribution in [3.05, 3.63) is 46.5 Å². The summed E-state index contributed by atoms with van der Waals surface area (Å²) in [6.45, 7) is 0. The van der Waals surface area contributed by atoms with Crippen LogP contribution in [0, 0.1) is 22.0 Å². The Morgan fingerprint density at radius 1 is 1.15 bits per heavy atom. The van der Waals surface area contributed by atoms with Gasteiger partial charge in [-0.1, -0.05) is 12.2 Å². The van der Waals surface area contributed by atoms with E-state index in [-0.39, 0.29) is 22.5 Å². The lowest BCUT2D eigenvalue weighted by Crippen LogP contribution is -2.37. The van der Waals surface area contributed by atoms with E-state index in [0.717, 1.165) is 12.8 Å². The van der Waals surface area contributed by atoms with Crippen LogP contribution in [0.5, 0.6) is 0 Å². The quantitative estimate of drug-likeness (QED) is 0.521. The third-order valence-electron chi connectivity index (χ3n) is 3.94. The van der Waals surface area contributed by atoms with Gasteiger partial charge in [-0.05, 0) is 36.8 Å². The molecule has 1 fully saturated rings. The second-order valence-electron chi connectivity index (χ2n) is 5.26. The highest BCUT2D eigenvalue weighted by molar-refractivity contribution is 7.89. The van der Waals surface area contributed by atoms with E-state index < -0.39 is 14.9 Å². The Morgan fingerprint density at radius 3 is 2.35 bits per heavy atom. The minimum atomic E-state index is -3.62. The summed E-state index contributed by atoms with van der Waals surface area (Å²) in [5, 5.41) is 10.6. The second-order valence-corrected chi connectivity index (χ2v) is 6.97. The Balaban J connectivity index is 1.78. The third kappa shape index (κ3) is 2.34. The highest BCUT2D eigenvalue weighted by Gasteiger charge is 2.37. The van der Waals surface area contributed by atoms with E-state index in [0.29, 0.717) is 5.92 Å².